The van der Waals surface area contributed by atoms with Crippen LogP contribution in [0.15, 0.2) is 18.3 Å². The van der Waals surface area contributed by atoms with E-state index in [9.17, 15) is 0 Å². The Morgan fingerprint density at radius 2 is 1.39 bits per heavy atom. The summed E-state index contributed by atoms with van der Waals surface area (Å²) in [5.74, 6) is 0. The van der Waals surface area contributed by atoms with E-state index in [4.69, 9.17) is 0 Å². The molecule has 0 amide bonds. The van der Waals surface area contributed by atoms with Crippen LogP contribution in [0.3, 0.4) is 0 Å². The van der Waals surface area contributed by atoms with Crippen LogP contribution in [0.25, 0.3) is 11.2 Å². The molecule has 0 saturated carbocycles. The fourth-order valence-corrected chi connectivity index (χ4v) is 1.68. The molecule has 96 valence electrons. The van der Waals surface area contributed by atoms with E-state index in [1.807, 2.05) is 18.3 Å². The molecule has 0 aliphatic rings. The van der Waals surface area contributed by atoms with E-state index in [2.05, 4.69) is 56.5 Å². The molecule has 0 saturated heterocycles. The lowest BCUT2D eigenvalue weighted by molar-refractivity contribution is 0.564. The minimum Gasteiger partial charge on any atom is -0.247 e. The fraction of sp³-hybridized carbons (Fsp3) is 0.533. The van der Waals surface area contributed by atoms with Gasteiger partial charge in [-0.25, -0.2) is 15.0 Å². The average molecular weight is 243 g/mol. The van der Waals surface area contributed by atoms with Gasteiger partial charge in [0.25, 0.3) is 0 Å². The van der Waals surface area contributed by atoms with Crippen molar-refractivity contribution in [1.29, 1.82) is 0 Å². The van der Waals surface area contributed by atoms with Crippen molar-refractivity contribution in [2.24, 2.45) is 0 Å². The highest BCUT2D eigenvalue weighted by Gasteiger charge is 2.19. The maximum Gasteiger partial charge on any atom is 0.178 e. The lowest BCUT2D eigenvalue weighted by Gasteiger charge is -2.19. The minimum absolute atomic E-state index is 0.0177. The highest BCUT2D eigenvalue weighted by molar-refractivity contribution is 5.69. The number of hydrogen-bond acceptors (Lipinski definition) is 3. The number of hydrogen-bond donors (Lipinski definition) is 0. The van der Waals surface area contributed by atoms with Gasteiger partial charge in [-0.2, -0.15) is 0 Å². The van der Waals surface area contributed by atoms with Gasteiger partial charge in [-0.15, -0.1) is 0 Å². The van der Waals surface area contributed by atoms with Crippen LogP contribution in [-0.2, 0) is 10.8 Å². The highest BCUT2D eigenvalue weighted by atomic mass is 14.9. The predicted octanol–water partition coefficient (Wildman–Crippen LogP) is 3.62. The molecule has 0 atom stereocenters. The number of rotatable bonds is 0. The summed E-state index contributed by atoms with van der Waals surface area (Å²) in [5.41, 5.74) is 3.71. The van der Waals surface area contributed by atoms with Crippen LogP contribution in [0.5, 0.6) is 0 Å². The highest BCUT2D eigenvalue weighted by Crippen LogP contribution is 2.24. The van der Waals surface area contributed by atoms with Gasteiger partial charge in [-0.1, -0.05) is 41.5 Å². The second kappa shape index (κ2) is 4.01. The molecular weight excluding hydrogens is 222 g/mol. The van der Waals surface area contributed by atoms with Crippen molar-refractivity contribution in [3.63, 3.8) is 0 Å². The van der Waals surface area contributed by atoms with Gasteiger partial charge in [0, 0.05) is 16.5 Å². The molecular formula is C15H21N3. The molecule has 0 unspecified atom stereocenters. The molecule has 0 aromatic carbocycles. The zero-order chi connectivity index (χ0) is 13.6. The van der Waals surface area contributed by atoms with E-state index >= 15 is 0 Å². The molecule has 0 radical (unpaired) electrons. The van der Waals surface area contributed by atoms with Crippen molar-refractivity contribution >= 4 is 11.2 Å². The monoisotopic (exact) mass is 243 g/mol. The molecule has 0 fully saturated rings. The Balaban J connectivity index is 2.56. The second-order valence-electron chi connectivity index (χ2n) is 6.79. The standard InChI is InChI=1S/C15H21N3/c1-14(2,3)11-8-7-10-13(18-11)16-9-12(17-10)15(4,5)6/h7-9H,1-6H3. The maximum absolute atomic E-state index is 4.64. The number of aromatic nitrogens is 3. The van der Waals surface area contributed by atoms with Crippen molar-refractivity contribution in [2.75, 3.05) is 0 Å². The lowest BCUT2D eigenvalue weighted by atomic mass is 9.91. The number of nitrogens with zero attached hydrogens (tertiary/aromatic N) is 3. The summed E-state index contributed by atoms with van der Waals surface area (Å²) in [7, 11) is 0. The Hall–Kier alpha value is -1.51. The van der Waals surface area contributed by atoms with E-state index in [1.165, 1.54) is 0 Å². The first-order chi connectivity index (χ1) is 8.18. The van der Waals surface area contributed by atoms with Crippen LogP contribution in [-0.4, -0.2) is 15.0 Å². The fourth-order valence-electron chi connectivity index (χ4n) is 1.68. The topological polar surface area (TPSA) is 38.7 Å². The van der Waals surface area contributed by atoms with Gasteiger partial charge in [0.15, 0.2) is 5.65 Å². The molecule has 0 spiro atoms. The molecule has 0 bridgehead atoms. The smallest absolute Gasteiger partial charge is 0.178 e. The van der Waals surface area contributed by atoms with E-state index in [1.54, 1.807) is 0 Å². The van der Waals surface area contributed by atoms with Gasteiger partial charge in [0.2, 0.25) is 0 Å². The Bertz CT molecular complexity index is 521. The number of fused-ring (bicyclic) bond motifs is 1. The SMILES string of the molecule is CC(C)(C)c1cnc2nc(C(C)(C)C)ccc2n1. The van der Waals surface area contributed by atoms with Crippen LogP contribution in [0.2, 0.25) is 0 Å². The molecule has 2 rings (SSSR count). The summed E-state index contributed by atoms with van der Waals surface area (Å²) in [5, 5.41) is 0. The molecule has 0 aliphatic carbocycles. The third-order valence-electron chi connectivity index (χ3n) is 2.94. The van der Waals surface area contributed by atoms with Crippen LogP contribution in [0.1, 0.15) is 52.9 Å². The Kier molecular flexibility index (Phi) is 2.88. The van der Waals surface area contributed by atoms with Crippen LogP contribution >= 0.6 is 0 Å². The zero-order valence-corrected chi connectivity index (χ0v) is 12.1. The molecule has 18 heavy (non-hydrogen) atoms. The van der Waals surface area contributed by atoms with Gasteiger partial charge in [0.1, 0.15) is 5.52 Å². The van der Waals surface area contributed by atoms with E-state index in [0.717, 1.165) is 22.6 Å². The van der Waals surface area contributed by atoms with Crippen molar-refractivity contribution in [1.82, 2.24) is 15.0 Å². The minimum atomic E-state index is 0.0177. The Morgan fingerprint density at radius 1 is 0.778 bits per heavy atom. The van der Waals surface area contributed by atoms with Gasteiger partial charge >= 0.3 is 0 Å². The second-order valence-corrected chi connectivity index (χ2v) is 6.79. The Labute approximate surface area is 109 Å². The van der Waals surface area contributed by atoms with Crippen LogP contribution in [0, 0.1) is 0 Å². The normalized spacial score (nSPS) is 13.0. The predicted molar refractivity (Wildman–Crippen MR) is 74.7 cm³/mol. The lowest BCUT2D eigenvalue weighted by Crippen LogP contribution is -2.16. The molecule has 0 N–H and O–H groups in total. The summed E-state index contributed by atoms with van der Waals surface area (Å²) in [6.45, 7) is 12.9. The van der Waals surface area contributed by atoms with Crippen LogP contribution in [0.4, 0.5) is 0 Å². The number of pyridine rings is 1. The third kappa shape index (κ3) is 2.50. The van der Waals surface area contributed by atoms with Crippen LogP contribution < -0.4 is 0 Å². The van der Waals surface area contributed by atoms with E-state index in [-0.39, 0.29) is 10.8 Å². The van der Waals surface area contributed by atoms with Crippen molar-refractivity contribution < 1.29 is 0 Å². The molecule has 2 aromatic rings. The van der Waals surface area contributed by atoms with Gasteiger partial charge in [0.05, 0.1) is 11.9 Å². The third-order valence-corrected chi connectivity index (χ3v) is 2.94. The van der Waals surface area contributed by atoms with Gasteiger partial charge in [-0.05, 0) is 12.1 Å². The summed E-state index contributed by atoms with van der Waals surface area (Å²) < 4.78 is 0. The maximum atomic E-state index is 4.64. The van der Waals surface area contributed by atoms with Gasteiger partial charge < -0.3 is 0 Å². The largest absolute Gasteiger partial charge is 0.247 e. The first kappa shape index (κ1) is 12.9. The molecule has 3 heteroatoms. The molecule has 2 aromatic heterocycles. The first-order valence-electron chi connectivity index (χ1n) is 6.33. The van der Waals surface area contributed by atoms with E-state index < -0.39 is 0 Å². The zero-order valence-electron chi connectivity index (χ0n) is 12.1. The van der Waals surface area contributed by atoms with Crippen molar-refractivity contribution in [3.05, 3.63) is 29.7 Å². The molecule has 2 heterocycles. The van der Waals surface area contributed by atoms with E-state index in [0.29, 0.717) is 0 Å². The summed E-state index contributed by atoms with van der Waals surface area (Å²) in [6, 6.07) is 4.06. The summed E-state index contributed by atoms with van der Waals surface area (Å²) in [4.78, 5) is 13.7. The average Bonchev–Trinajstić information content (AvgIpc) is 2.25. The Morgan fingerprint density at radius 3 is 1.94 bits per heavy atom. The quantitative estimate of drug-likeness (QED) is 0.709. The summed E-state index contributed by atoms with van der Waals surface area (Å²) in [6.07, 6.45) is 1.84. The molecule has 3 nitrogen and oxygen atoms in total. The summed E-state index contributed by atoms with van der Waals surface area (Å²) >= 11 is 0. The van der Waals surface area contributed by atoms with Gasteiger partial charge in [-0.3, -0.25) is 0 Å². The van der Waals surface area contributed by atoms with Crippen molar-refractivity contribution in [3.8, 4) is 0 Å². The molecule has 0 aliphatic heterocycles. The van der Waals surface area contributed by atoms with Crippen molar-refractivity contribution in [2.45, 2.75) is 52.4 Å². The first-order valence-corrected chi connectivity index (χ1v) is 6.33.